The summed E-state index contributed by atoms with van der Waals surface area (Å²) < 4.78 is 40.1. The molecule has 1 heterocycles. The number of sulfonamides is 1. The number of aromatic carboxylic acids is 1. The number of benzene rings is 1. The van der Waals surface area contributed by atoms with Gasteiger partial charge in [-0.2, -0.15) is 0 Å². The van der Waals surface area contributed by atoms with E-state index in [2.05, 4.69) is 4.98 Å². The van der Waals surface area contributed by atoms with Gasteiger partial charge in [0, 0.05) is 0 Å². The molecule has 0 unspecified atom stereocenters. The lowest BCUT2D eigenvalue weighted by atomic mass is 10.2. The summed E-state index contributed by atoms with van der Waals surface area (Å²) >= 11 is 0.975. The molecule has 2 rings (SSSR count). The molecule has 0 atom stereocenters. The summed E-state index contributed by atoms with van der Waals surface area (Å²) in [6.45, 7) is 1.83. The van der Waals surface area contributed by atoms with E-state index in [9.17, 15) is 17.6 Å². The molecule has 2 aromatic rings. The number of anilines is 1. The van der Waals surface area contributed by atoms with E-state index >= 15 is 0 Å². The third-order valence-corrected chi connectivity index (χ3v) is 5.54. The Morgan fingerprint density at radius 2 is 2.19 bits per heavy atom. The smallest absolute Gasteiger partial charge is 0.338 e. The molecule has 0 saturated carbocycles. The monoisotopic (exact) mass is 330 g/mol. The van der Waals surface area contributed by atoms with Gasteiger partial charge in [0.25, 0.3) is 10.0 Å². The maximum Gasteiger partial charge on any atom is 0.338 e. The molecule has 2 N–H and O–H groups in total. The summed E-state index contributed by atoms with van der Waals surface area (Å²) in [4.78, 5) is 14.7. The highest BCUT2D eigenvalue weighted by molar-refractivity contribution is 7.94. The van der Waals surface area contributed by atoms with Crippen molar-refractivity contribution < 1.29 is 22.7 Å². The summed E-state index contributed by atoms with van der Waals surface area (Å²) in [6.07, 6.45) is 1.77. The molecule has 0 bridgehead atoms. The van der Waals surface area contributed by atoms with Crippen LogP contribution in [0.3, 0.4) is 0 Å². The lowest BCUT2D eigenvalue weighted by Gasteiger charge is -2.08. The average Bonchev–Trinajstić information content (AvgIpc) is 2.90. The molecule has 0 amide bonds. The minimum absolute atomic E-state index is 0.0560. The van der Waals surface area contributed by atoms with Crippen LogP contribution in [0.4, 0.5) is 10.1 Å². The normalized spacial score (nSPS) is 11.3. The molecule has 0 fully saturated rings. The van der Waals surface area contributed by atoms with Gasteiger partial charge in [0.05, 0.1) is 22.5 Å². The zero-order valence-electron chi connectivity index (χ0n) is 10.8. The van der Waals surface area contributed by atoms with Crippen molar-refractivity contribution in [3.05, 3.63) is 40.8 Å². The topological polar surface area (TPSA) is 96.4 Å². The first kappa shape index (κ1) is 15.4. The fourth-order valence-electron chi connectivity index (χ4n) is 1.55. The summed E-state index contributed by atoms with van der Waals surface area (Å²) in [5.74, 6) is -2.60. The fraction of sp³-hybridized carbons (Fsp3) is 0.167. The molecule has 1 aromatic heterocycles. The van der Waals surface area contributed by atoms with E-state index in [-0.39, 0.29) is 4.21 Å². The van der Waals surface area contributed by atoms with Crippen molar-refractivity contribution in [1.29, 1.82) is 0 Å². The number of aryl methyl sites for hydroxylation is 1. The van der Waals surface area contributed by atoms with Crippen molar-refractivity contribution in [2.24, 2.45) is 0 Å². The Hall–Kier alpha value is -2.00. The summed E-state index contributed by atoms with van der Waals surface area (Å²) in [7, 11) is -3.99. The molecule has 21 heavy (non-hydrogen) atoms. The zero-order chi connectivity index (χ0) is 15.6. The van der Waals surface area contributed by atoms with E-state index in [1.54, 1.807) is 0 Å². The lowest BCUT2D eigenvalue weighted by molar-refractivity contribution is 0.0692. The van der Waals surface area contributed by atoms with E-state index in [0.717, 1.165) is 23.5 Å². The van der Waals surface area contributed by atoms with E-state index in [1.807, 2.05) is 11.6 Å². The van der Waals surface area contributed by atoms with Crippen molar-refractivity contribution in [1.82, 2.24) is 4.98 Å². The van der Waals surface area contributed by atoms with E-state index in [0.29, 0.717) is 11.4 Å². The number of halogens is 1. The molecule has 112 valence electrons. The minimum Gasteiger partial charge on any atom is -0.478 e. The van der Waals surface area contributed by atoms with Gasteiger partial charge in [-0.15, -0.1) is 11.3 Å². The van der Waals surface area contributed by atoms with Gasteiger partial charge >= 0.3 is 5.97 Å². The van der Waals surface area contributed by atoms with Crippen LogP contribution in [0.5, 0.6) is 0 Å². The van der Waals surface area contributed by atoms with Gasteiger partial charge in [-0.3, -0.25) is 4.72 Å². The molecular weight excluding hydrogens is 319 g/mol. The number of aromatic nitrogens is 1. The van der Waals surface area contributed by atoms with Gasteiger partial charge in [0.2, 0.25) is 0 Å². The quantitative estimate of drug-likeness (QED) is 0.877. The highest BCUT2D eigenvalue weighted by Gasteiger charge is 2.21. The third-order valence-electron chi connectivity index (χ3n) is 2.57. The summed E-state index contributed by atoms with van der Waals surface area (Å²) in [6, 6.07) is 3.47. The number of hydrogen-bond acceptors (Lipinski definition) is 5. The number of nitrogens with one attached hydrogen (secondary N) is 1. The molecule has 0 saturated heterocycles. The molecule has 0 radical (unpaired) electrons. The Labute approximate surface area is 124 Å². The number of nitrogens with zero attached hydrogens (tertiary/aromatic N) is 1. The van der Waals surface area contributed by atoms with Gasteiger partial charge < -0.3 is 5.11 Å². The fourth-order valence-corrected chi connectivity index (χ4v) is 3.73. The first-order valence-electron chi connectivity index (χ1n) is 5.84. The minimum atomic E-state index is -3.99. The third kappa shape index (κ3) is 3.19. The largest absolute Gasteiger partial charge is 0.478 e. The predicted molar refractivity (Wildman–Crippen MR) is 75.7 cm³/mol. The first-order valence-corrected chi connectivity index (χ1v) is 8.14. The van der Waals surface area contributed by atoms with Crippen molar-refractivity contribution in [3.63, 3.8) is 0 Å². The maximum atomic E-state index is 13.9. The van der Waals surface area contributed by atoms with Crippen LogP contribution < -0.4 is 4.72 Å². The van der Waals surface area contributed by atoms with Gasteiger partial charge in [0.15, 0.2) is 10.0 Å². The summed E-state index contributed by atoms with van der Waals surface area (Å²) in [5.41, 5.74) is -1.02. The van der Waals surface area contributed by atoms with E-state index in [4.69, 9.17) is 5.11 Å². The zero-order valence-corrected chi connectivity index (χ0v) is 12.5. The van der Waals surface area contributed by atoms with Crippen molar-refractivity contribution in [2.45, 2.75) is 17.6 Å². The van der Waals surface area contributed by atoms with Crippen LogP contribution >= 0.6 is 11.3 Å². The number of carboxylic acid groups (broad SMARTS) is 1. The average molecular weight is 330 g/mol. The maximum absolute atomic E-state index is 13.9. The molecule has 0 aliphatic rings. The highest BCUT2D eigenvalue weighted by atomic mass is 32.2. The lowest BCUT2D eigenvalue weighted by Crippen LogP contribution is -2.14. The number of carbonyl (C=O) groups is 1. The Kier molecular flexibility index (Phi) is 4.24. The Morgan fingerprint density at radius 3 is 2.76 bits per heavy atom. The number of rotatable bonds is 5. The van der Waals surface area contributed by atoms with Crippen LogP contribution in [-0.2, 0) is 16.4 Å². The Bertz CT molecular complexity index is 786. The second kappa shape index (κ2) is 5.78. The first-order chi connectivity index (χ1) is 9.85. The highest BCUT2D eigenvalue weighted by Crippen LogP contribution is 2.25. The van der Waals surface area contributed by atoms with Crippen molar-refractivity contribution in [3.8, 4) is 0 Å². The molecule has 0 aliphatic heterocycles. The molecule has 9 heteroatoms. The van der Waals surface area contributed by atoms with Crippen LogP contribution in [0.1, 0.15) is 22.3 Å². The van der Waals surface area contributed by atoms with Gasteiger partial charge in [0.1, 0.15) is 0 Å². The number of thiazole rings is 1. The van der Waals surface area contributed by atoms with Gasteiger partial charge in [-0.05, 0) is 18.6 Å². The van der Waals surface area contributed by atoms with E-state index < -0.39 is 33.1 Å². The molecule has 0 spiro atoms. The standard InChI is InChI=1S/C12H11FN2O4S2/c1-2-9-14-6-10(20-9)21(18,19)15-8-5-3-4-7(11(8)13)12(16)17/h3-6,15H,2H2,1H3,(H,16,17). The predicted octanol–water partition coefficient (Wildman–Crippen LogP) is 2.34. The van der Waals surface area contributed by atoms with Crippen molar-refractivity contribution >= 4 is 33.0 Å². The molecule has 0 aliphatic carbocycles. The Balaban J connectivity index is 2.37. The van der Waals surface area contributed by atoms with Crippen molar-refractivity contribution in [2.75, 3.05) is 4.72 Å². The number of hydrogen-bond donors (Lipinski definition) is 2. The molecular formula is C12H11FN2O4S2. The Morgan fingerprint density at radius 1 is 1.48 bits per heavy atom. The van der Waals surface area contributed by atoms with Gasteiger partial charge in [-0.25, -0.2) is 22.6 Å². The van der Waals surface area contributed by atoms with Crippen LogP contribution in [0.25, 0.3) is 0 Å². The SMILES string of the molecule is CCc1ncc(S(=O)(=O)Nc2cccc(C(=O)O)c2F)s1. The second-order valence-corrected chi connectivity index (χ2v) is 7.03. The second-order valence-electron chi connectivity index (χ2n) is 4.00. The molecule has 1 aromatic carbocycles. The van der Waals surface area contributed by atoms with Crippen LogP contribution in [0, 0.1) is 5.82 Å². The van der Waals surface area contributed by atoms with Crippen LogP contribution in [-0.4, -0.2) is 24.5 Å². The van der Waals surface area contributed by atoms with E-state index in [1.165, 1.54) is 12.3 Å². The van der Waals surface area contributed by atoms with Crippen LogP contribution in [0.15, 0.2) is 28.6 Å². The molecule has 6 nitrogen and oxygen atoms in total. The van der Waals surface area contributed by atoms with Crippen LogP contribution in [0.2, 0.25) is 0 Å². The van der Waals surface area contributed by atoms with Gasteiger partial charge in [-0.1, -0.05) is 13.0 Å². The number of carboxylic acids is 1. The summed E-state index contributed by atoms with van der Waals surface area (Å²) in [5, 5.41) is 9.45.